The number of aliphatic hydroxyl groups is 1. The second-order valence-electron chi connectivity index (χ2n) is 1.44. The van der Waals surface area contributed by atoms with Gasteiger partial charge in [-0.05, 0) is 0 Å². The van der Waals surface area contributed by atoms with Gasteiger partial charge in [-0.15, -0.1) is 0 Å². The number of ether oxygens (including phenoxy) is 1. The van der Waals surface area contributed by atoms with Gasteiger partial charge in [-0.3, -0.25) is 4.79 Å². The fourth-order valence-corrected chi connectivity index (χ4v) is 0.144. The number of carbonyl (C=O) groups is 1. The fraction of sp³-hybridized carbons (Fsp3) is 0.833. The Labute approximate surface area is 99.2 Å². The first kappa shape index (κ1) is 23.0. The third-order valence-electron chi connectivity index (χ3n) is 0.645. The molecule has 0 rings (SSSR count). The molecule has 0 atom stereocenters. The van der Waals surface area contributed by atoms with Crippen LogP contribution in [0.2, 0.25) is 4.44 Å². The van der Waals surface area contributed by atoms with Crippen LogP contribution in [0.15, 0.2) is 0 Å². The molecule has 0 aliphatic rings. The Bertz CT molecular complexity index is 75.2. The van der Waals surface area contributed by atoms with Crippen molar-refractivity contribution >= 4 is 28.5 Å². The molecule has 0 saturated carbocycles. The molecule has 3 nitrogen and oxygen atoms in total. The number of carbonyl (C=O) groups excluding carboxylic acids is 1. The molecule has 0 bridgehead atoms. The Kier molecular flexibility index (Phi) is 43.4. The zero-order chi connectivity index (χ0) is 8.41. The van der Waals surface area contributed by atoms with Gasteiger partial charge in [0.1, 0.15) is 0 Å². The van der Waals surface area contributed by atoms with Gasteiger partial charge in [-0.2, -0.15) is 0 Å². The van der Waals surface area contributed by atoms with Crippen LogP contribution >= 0.6 is 0 Å². The van der Waals surface area contributed by atoms with Crippen LogP contribution in [-0.4, -0.2) is 47.3 Å². The predicted octanol–water partition coefficient (Wildman–Crippen LogP) is -6.12. The van der Waals surface area contributed by atoms with Crippen LogP contribution in [0.1, 0.15) is 13.3 Å². The molecule has 0 unspecified atom stereocenters. The van der Waals surface area contributed by atoms with Crippen LogP contribution in [0, 0.1) is 0 Å². The summed E-state index contributed by atoms with van der Waals surface area (Å²) in [5.41, 5.74) is 0. The van der Waals surface area contributed by atoms with Gasteiger partial charge in [-0.25, -0.2) is 0 Å². The quantitative estimate of drug-likeness (QED) is 0.406. The Balaban J connectivity index is -0.0000000483. The van der Waals surface area contributed by atoms with Crippen LogP contribution in [0.4, 0.5) is 0 Å². The van der Waals surface area contributed by atoms with Crippen molar-refractivity contribution in [1.29, 1.82) is 0 Å². The Hall–Kier alpha value is 0.809. The normalized spacial score (nSPS) is 6.17. The van der Waals surface area contributed by atoms with E-state index < -0.39 is 0 Å². The maximum atomic E-state index is 9.96. The van der Waals surface area contributed by atoms with Gasteiger partial charge in [0.25, 0.3) is 0 Å². The molecular weight excluding hydrogens is 310 g/mol. The molecule has 0 saturated heterocycles. The first-order valence-corrected chi connectivity index (χ1v) is 5.43. The number of hydrogen-bond acceptors (Lipinski definition) is 3. The van der Waals surface area contributed by atoms with Crippen molar-refractivity contribution in [1.82, 2.24) is 0 Å². The third kappa shape index (κ3) is 30.8. The minimum Gasteiger partial charge on any atom is -1.00 e. The standard InChI is InChI=1S/C4H8O2.C2H5O.2ClH.Sn.H/c1-3-4(5)6-2;1-2-3;;;;/h3H2,1-2H3;3H,1-2H2;2*1H;;/q;;;;+2;/p-2. The summed E-state index contributed by atoms with van der Waals surface area (Å²) in [6.45, 7) is 2.13. The Morgan fingerprint density at radius 2 is 1.83 bits per heavy atom. The molecule has 0 aromatic rings. The molecule has 74 valence electrons. The molecule has 0 amide bonds. The smallest absolute Gasteiger partial charge is 1.00 e. The van der Waals surface area contributed by atoms with E-state index in [0.717, 1.165) is 4.44 Å². The Morgan fingerprint density at radius 3 is 1.83 bits per heavy atom. The molecule has 0 radical (unpaired) electrons. The number of esters is 1. The third-order valence-corrected chi connectivity index (χ3v) is 1.38. The number of rotatable bonds is 2. The summed E-state index contributed by atoms with van der Waals surface area (Å²) in [4.78, 5) is 9.96. The van der Waals surface area contributed by atoms with Crippen molar-refractivity contribution in [2.24, 2.45) is 0 Å². The van der Waals surface area contributed by atoms with Crippen molar-refractivity contribution in [3.63, 3.8) is 0 Å². The minimum absolute atomic E-state index is 0. The maximum Gasteiger partial charge on any atom is -1.00 e. The van der Waals surface area contributed by atoms with Gasteiger partial charge in [0.05, 0.1) is 7.11 Å². The van der Waals surface area contributed by atoms with E-state index in [-0.39, 0.29) is 30.8 Å². The summed E-state index contributed by atoms with van der Waals surface area (Å²) in [6.07, 6.45) is 0.469. The summed E-state index contributed by atoms with van der Waals surface area (Å²) in [5, 5.41) is 7.91. The molecule has 0 aromatic heterocycles. The number of hydrogen-bond donors (Lipinski definition) is 1. The van der Waals surface area contributed by atoms with Gasteiger partial charge in [0.2, 0.25) is 0 Å². The minimum atomic E-state index is -0.157. The van der Waals surface area contributed by atoms with Crippen LogP contribution in [0.5, 0.6) is 0 Å². The van der Waals surface area contributed by atoms with E-state index in [1.165, 1.54) is 29.6 Å². The predicted molar refractivity (Wildman–Crippen MR) is 41.3 cm³/mol. The second-order valence-corrected chi connectivity index (χ2v) is 3.09. The molecule has 0 aromatic carbocycles. The first-order chi connectivity index (χ1) is 4.72. The molecule has 0 heterocycles. The van der Waals surface area contributed by atoms with Crippen LogP contribution in [0.25, 0.3) is 0 Å². The van der Waals surface area contributed by atoms with Crippen molar-refractivity contribution in [3.8, 4) is 0 Å². The van der Waals surface area contributed by atoms with E-state index in [0.29, 0.717) is 13.0 Å². The van der Waals surface area contributed by atoms with Gasteiger partial charge >= 0.3 is 44.6 Å². The van der Waals surface area contributed by atoms with Gasteiger partial charge < -0.3 is 29.6 Å². The summed E-state index contributed by atoms with van der Waals surface area (Å²) in [5.74, 6) is -0.157. The molecule has 6 heteroatoms. The second kappa shape index (κ2) is 22.6. The summed E-state index contributed by atoms with van der Waals surface area (Å²) in [6, 6.07) is 0. The van der Waals surface area contributed by atoms with Crippen molar-refractivity contribution < 1.29 is 39.5 Å². The molecule has 0 aliphatic heterocycles. The van der Waals surface area contributed by atoms with Crippen LogP contribution in [-0.2, 0) is 9.53 Å². The largest absolute Gasteiger partial charge is 1.00 e. The average molecular weight is 324 g/mol. The zero-order valence-corrected chi connectivity index (χ0v) is 12.0. The van der Waals surface area contributed by atoms with E-state index in [1.54, 1.807) is 6.92 Å². The molecule has 1 N–H and O–H groups in total. The topological polar surface area (TPSA) is 46.5 Å². The SMILES string of the molecule is CCC(=O)OC.OC[CH2][SnH+2].[Cl-].[Cl-]. The van der Waals surface area contributed by atoms with E-state index in [1.807, 2.05) is 0 Å². The van der Waals surface area contributed by atoms with Crippen molar-refractivity contribution in [3.05, 3.63) is 0 Å². The van der Waals surface area contributed by atoms with Crippen molar-refractivity contribution in [2.45, 2.75) is 17.8 Å². The van der Waals surface area contributed by atoms with Gasteiger partial charge in [0.15, 0.2) is 0 Å². The molecule has 0 spiro atoms. The van der Waals surface area contributed by atoms with E-state index >= 15 is 0 Å². The summed E-state index contributed by atoms with van der Waals surface area (Å²) < 4.78 is 5.27. The van der Waals surface area contributed by atoms with Crippen LogP contribution < -0.4 is 24.8 Å². The fourth-order valence-electron chi connectivity index (χ4n) is 0.144. The molecule has 12 heavy (non-hydrogen) atoms. The summed E-state index contributed by atoms with van der Waals surface area (Å²) in [7, 11) is 1.38. The average Bonchev–Trinajstić information content (AvgIpc) is 2.03. The van der Waals surface area contributed by atoms with Crippen molar-refractivity contribution in [2.75, 3.05) is 13.7 Å². The molecule has 0 aliphatic carbocycles. The number of methoxy groups -OCH3 is 1. The summed E-state index contributed by atoms with van der Waals surface area (Å²) >= 11 is 1.19. The monoisotopic (exact) mass is 324 g/mol. The molecular formula is C6H14Cl2O3Sn. The van der Waals surface area contributed by atoms with E-state index in [9.17, 15) is 4.79 Å². The first-order valence-electron chi connectivity index (χ1n) is 3.10. The van der Waals surface area contributed by atoms with Gasteiger partial charge in [0, 0.05) is 6.42 Å². The van der Waals surface area contributed by atoms with Crippen LogP contribution in [0.3, 0.4) is 0 Å². The van der Waals surface area contributed by atoms with E-state index in [4.69, 9.17) is 5.11 Å². The van der Waals surface area contributed by atoms with Gasteiger partial charge in [-0.1, -0.05) is 6.92 Å². The number of halogens is 2. The number of aliphatic hydroxyl groups excluding tert-OH is 1. The van der Waals surface area contributed by atoms with E-state index in [2.05, 4.69) is 4.74 Å². The zero-order valence-electron chi connectivity index (χ0n) is 7.22. The molecule has 0 fully saturated rings. The Morgan fingerprint density at radius 1 is 1.50 bits per heavy atom. The maximum absolute atomic E-state index is 9.96.